The zero-order valence-electron chi connectivity index (χ0n) is 39.2. The van der Waals surface area contributed by atoms with Gasteiger partial charge in [-0.15, -0.1) is 0 Å². The van der Waals surface area contributed by atoms with Gasteiger partial charge in [0.05, 0.1) is 34.3 Å². The molecule has 2 aliphatic heterocycles. The van der Waals surface area contributed by atoms with Crippen LogP contribution in [0, 0.1) is 5.92 Å². The summed E-state index contributed by atoms with van der Waals surface area (Å²) in [5, 5.41) is 6.68. The molecule has 19 heteroatoms. The van der Waals surface area contributed by atoms with E-state index in [1.165, 1.54) is 10.9 Å². The highest BCUT2D eigenvalue weighted by Gasteiger charge is 2.33. The molecule has 2 fully saturated rings. The summed E-state index contributed by atoms with van der Waals surface area (Å²) < 4.78 is 56.9. The molecule has 368 valence electrons. The van der Waals surface area contributed by atoms with E-state index in [0.29, 0.717) is 29.8 Å². The van der Waals surface area contributed by atoms with Gasteiger partial charge in [0.25, 0.3) is 11.8 Å². The van der Waals surface area contributed by atoms with E-state index in [4.69, 9.17) is 20.2 Å². The molecule has 8 aromatic rings. The maximum absolute atomic E-state index is 14.3. The van der Waals surface area contributed by atoms with Crippen molar-refractivity contribution in [3.63, 3.8) is 0 Å². The molecule has 0 saturated carbocycles. The van der Waals surface area contributed by atoms with Crippen molar-refractivity contribution in [3.8, 4) is 23.1 Å². The quantitative estimate of drug-likeness (QED) is 0.104. The number of benzene rings is 4. The molecule has 3 N–H and O–H groups in total. The third kappa shape index (κ3) is 10.1. The zero-order chi connectivity index (χ0) is 49.9. The number of ether oxygens (including phenoxy) is 2. The Morgan fingerprint density at radius 1 is 0.736 bits per heavy atom. The number of imidazole rings is 1. The molecule has 4 aromatic carbocycles. The highest BCUT2D eigenvalue weighted by molar-refractivity contribution is 6.07. The van der Waals surface area contributed by atoms with Crippen LogP contribution < -0.4 is 36.0 Å². The van der Waals surface area contributed by atoms with Crippen LogP contribution in [0.4, 0.5) is 30.2 Å². The topological polar surface area (TPSA) is 171 Å². The van der Waals surface area contributed by atoms with Crippen molar-refractivity contribution in [2.24, 2.45) is 18.7 Å². The normalized spacial score (nSPS) is 15.2. The fourth-order valence-electron chi connectivity index (χ4n) is 9.37. The highest BCUT2D eigenvalue weighted by atomic mass is 19.4. The van der Waals surface area contributed by atoms with E-state index < -0.39 is 29.4 Å². The number of para-hydroxylation sites is 1. The van der Waals surface area contributed by atoms with Crippen molar-refractivity contribution in [1.29, 1.82) is 0 Å². The van der Waals surface area contributed by atoms with Gasteiger partial charge in [-0.25, -0.2) is 14.5 Å². The molecule has 0 radical (unpaired) electrons. The van der Waals surface area contributed by atoms with E-state index in [2.05, 4.69) is 36.2 Å². The van der Waals surface area contributed by atoms with Crippen LogP contribution in [-0.4, -0.2) is 91.4 Å². The van der Waals surface area contributed by atoms with Gasteiger partial charge < -0.3 is 30.3 Å². The Kier molecular flexibility index (Phi) is 13.2. The number of anilines is 3. The lowest BCUT2D eigenvalue weighted by atomic mass is 10.1. The van der Waals surface area contributed by atoms with Crippen molar-refractivity contribution in [1.82, 2.24) is 33.8 Å². The molecule has 2 saturated heterocycles. The second-order valence-electron chi connectivity index (χ2n) is 17.8. The SMILES string of the molecule is Cn1c(=O)n(-c2ccc(OCc3ccccc3)nc2OCc2ccccc2)c2cccc(N3CCC(CN4CCN(c5ccc(-n6cc(NC(=O)c7cccc(C(F)(F)F)n7)c(C(N)=O)n6)cc5)CC4)C3)c21. The minimum Gasteiger partial charge on any atom is -0.473 e. The van der Waals surface area contributed by atoms with Gasteiger partial charge >= 0.3 is 11.9 Å². The van der Waals surface area contributed by atoms with Crippen molar-refractivity contribution >= 4 is 39.9 Å². The van der Waals surface area contributed by atoms with Crippen molar-refractivity contribution in [2.75, 3.05) is 60.9 Å². The second-order valence-corrected chi connectivity index (χ2v) is 17.8. The van der Waals surface area contributed by atoms with Gasteiger partial charge in [0.1, 0.15) is 30.3 Å². The first-order valence-electron chi connectivity index (χ1n) is 23.5. The smallest absolute Gasteiger partial charge is 0.433 e. The number of hydrogen-bond acceptors (Lipinski definition) is 11. The highest BCUT2D eigenvalue weighted by Crippen LogP contribution is 2.35. The van der Waals surface area contributed by atoms with Crippen LogP contribution in [0.1, 0.15) is 44.2 Å². The number of primary amides is 1. The zero-order valence-corrected chi connectivity index (χ0v) is 39.2. The number of fused-ring (bicyclic) bond motifs is 1. The number of nitrogens with two attached hydrogens (primary N) is 1. The maximum atomic E-state index is 14.3. The van der Waals surface area contributed by atoms with Crippen LogP contribution in [-0.2, 0) is 26.4 Å². The molecule has 10 rings (SSSR count). The van der Waals surface area contributed by atoms with E-state index in [1.807, 2.05) is 110 Å². The summed E-state index contributed by atoms with van der Waals surface area (Å²) in [6.07, 6.45) is -2.35. The number of piperazine rings is 1. The number of carbonyl (C=O) groups excluding carboxylic acids is 2. The molecule has 72 heavy (non-hydrogen) atoms. The predicted molar refractivity (Wildman–Crippen MR) is 266 cm³/mol. The molecule has 1 unspecified atom stereocenters. The monoisotopic (exact) mass is 977 g/mol. The van der Waals surface area contributed by atoms with Gasteiger partial charge in [0.2, 0.25) is 11.8 Å². The number of alkyl halides is 3. The lowest BCUT2D eigenvalue weighted by Crippen LogP contribution is -2.48. The molecule has 0 aliphatic carbocycles. The van der Waals surface area contributed by atoms with E-state index in [-0.39, 0.29) is 29.6 Å². The minimum atomic E-state index is -4.74. The fraction of sp³-hybridized carbons (Fsp3) is 0.245. The van der Waals surface area contributed by atoms with Gasteiger partial charge in [0.15, 0.2) is 5.69 Å². The second kappa shape index (κ2) is 20.1. The van der Waals surface area contributed by atoms with Gasteiger partial charge in [-0.05, 0) is 78.1 Å². The molecule has 6 heterocycles. The molecular formula is C53H50F3N11O5. The lowest BCUT2D eigenvalue weighted by molar-refractivity contribution is -0.141. The summed E-state index contributed by atoms with van der Waals surface area (Å²) in [5.74, 6) is -0.788. The number of hydrogen-bond donors (Lipinski definition) is 2. The Bertz CT molecular complexity index is 3300. The van der Waals surface area contributed by atoms with E-state index in [1.54, 1.807) is 15.2 Å². The number of amides is 2. The third-order valence-corrected chi connectivity index (χ3v) is 13.0. The third-order valence-electron chi connectivity index (χ3n) is 13.0. The number of nitrogens with zero attached hydrogens (tertiary/aromatic N) is 9. The van der Waals surface area contributed by atoms with Gasteiger partial charge in [-0.2, -0.15) is 23.3 Å². The van der Waals surface area contributed by atoms with Gasteiger partial charge in [0, 0.05) is 64.6 Å². The van der Waals surface area contributed by atoms with Crippen molar-refractivity contribution < 1.29 is 32.2 Å². The summed E-state index contributed by atoms with van der Waals surface area (Å²) in [7, 11) is 1.81. The standard InChI is InChI=1S/C53H50F3N11O5/c1-62-48-42(15-9-16-43(48)67(52(62)70)44-22-23-46(71-33-35-10-4-2-5-11-35)60-51(44)72-34-36-12-6-3-7-13-36)65-25-24-37(31-65)30-63-26-28-64(29-27-63)38-18-20-39(21-19-38)66-32-41(47(61-66)49(57)68)59-50(69)40-14-8-17-45(58-40)53(54,55)56/h2-23,32,37H,24-31,33-34H2,1H3,(H2,57,68)(H,59,69). The van der Waals surface area contributed by atoms with Gasteiger partial charge in [-0.1, -0.05) is 72.8 Å². The van der Waals surface area contributed by atoms with Crippen LogP contribution in [0.5, 0.6) is 11.8 Å². The Labute approximate surface area is 411 Å². The largest absolute Gasteiger partial charge is 0.473 e. The van der Waals surface area contributed by atoms with Crippen LogP contribution in [0.25, 0.3) is 22.4 Å². The molecule has 4 aromatic heterocycles. The van der Waals surface area contributed by atoms with Crippen LogP contribution in [0.2, 0.25) is 0 Å². The van der Waals surface area contributed by atoms with E-state index in [0.717, 1.165) is 104 Å². The van der Waals surface area contributed by atoms with Crippen molar-refractivity contribution in [2.45, 2.75) is 25.8 Å². The Morgan fingerprint density at radius 2 is 1.42 bits per heavy atom. The fourth-order valence-corrected chi connectivity index (χ4v) is 9.37. The summed E-state index contributed by atoms with van der Waals surface area (Å²) in [6, 6.07) is 39.8. The molecular weight excluding hydrogens is 928 g/mol. The Balaban J connectivity index is 0.782. The number of carbonyl (C=O) groups is 2. The van der Waals surface area contributed by atoms with Crippen LogP contribution in [0.3, 0.4) is 0 Å². The molecule has 2 amide bonds. The Hall–Kier alpha value is -8.45. The first-order chi connectivity index (χ1) is 34.9. The number of rotatable bonds is 15. The molecule has 1 atom stereocenters. The van der Waals surface area contributed by atoms with E-state index in [9.17, 15) is 27.6 Å². The number of pyridine rings is 2. The summed E-state index contributed by atoms with van der Waals surface area (Å²) in [4.78, 5) is 54.8. The van der Waals surface area contributed by atoms with Gasteiger partial charge in [-0.3, -0.25) is 23.6 Å². The number of halogens is 3. The predicted octanol–water partition coefficient (Wildman–Crippen LogP) is 7.48. The molecule has 0 bridgehead atoms. The summed E-state index contributed by atoms with van der Waals surface area (Å²) >= 11 is 0. The lowest BCUT2D eigenvalue weighted by Gasteiger charge is -2.37. The number of aromatic nitrogens is 6. The first kappa shape index (κ1) is 47.2. The summed E-state index contributed by atoms with van der Waals surface area (Å²) in [6.45, 7) is 6.59. The number of nitrogens with one attached hydrogen (secondary N) is 1. The van der Waals surface area contributed by atoms with Crippen LogP contribution in [0.15, 0.2) is 144 Å². The van der Waals surface area contributed by atoms with Crippen LogP contribution >= 0.6 is 0 Å². The molecule has 2 aliphatic rings. The maximum Gasteiger partial charge on any atom is 0.433 e. The summed E-state index contributed by atoms with van der Waals surface area (Å²) in [5.41, 5.74) is 9.95. The first-order valence-corrected chi connectivity index (χ1v) is 23.5. The average Bonchev–Trinajstić information content (AvgIpc) is 4.12. The molecule has 16 nitrogen and oxygen atoms in total. The number of aryl methyl sites for hydroxylation is 1. The average molecular weight is 978 g/mol. The van der Waals surface area contributed by atoms with Crippen molar-refractivity contribution in [3.05, 3.63) is 178 Å². The Morgan fingerprint density at radius 3 is 2.11 bits per heavy atom. The minimum absolute atomic E-state index is 0.0700. The van der Waals surface area contributed by atoms with E-state index >= 15 is 0 Å². The molecule has 0 spiro atoms.